The van der Waals surface area contributed by atoms with Crippen molar-refractivity contribution in [1.29, 1.82) is 0 Å². The average Bonchev–Trinajstić information content (AvgIpc) is 3.29. The van der Waals surface area contributed by atoms with Gasteiger partial charge in [-0.3, -0.25) is 4.79 Å². The summed E-state index contributed by atoms with van der Waals surface area (Å²) in [6, 6.07) is 9.84. The topological polar surface area (TPSA) is 54.7 Å². The van der Waals surface area contributed by atoms with Gasteiger partial charge < -0.3 is 19.4 Å². The average molecular weight is 401 g/mol. The van der Waals surface area contributed by atoms with Crippen molar-refractivity contribution < 1.29 is 13.9 Å². The minimum absolute atomic E-state index is 0.0859. The zero-order valence-corrected chi connectivity index (χ0v) is 17.8. The van der Waals surface area contributed by atoms with Gasteiger partial charge in [-0.2, -0.15) is 0 Å². The number of fused-ring (bicyclic) bond motifs is 1. The number of rotatable bonds is 9. The van der Waals surface area contributed by atoms with E-state index in [4.69, 9.17) is 9.15 Å². The van der Waals surface area contributed by atoms with E-state index >= 15 is 0 Å². The Kier molecular flexibility index (Phi) is 6.75. The molecule has 0 aliphatic heterocycles. The highest BCUT2D eigenvalue weighted by molar-refractivity contribution is 7.09. The molecule has 1 atom stereocenters. The van der Waals surface area contributed by atoms with E-state index in [2.05, 4.69) is 17.1 Å². The molecular formula is C22H28N2O3S. The van der Waals surface area contributed by atoms with Crippen molar-refractivity contribution >= 4 is 28.2 Å². The van der Waals surface area contributed by atoms with Crippen molar-refractivity contribution in [1.82, 2.24) is 10.2 Å². The fourth-order valence-electron chi connectivity index (χ4n) is 3.17. The predicted molar refractivity (Wildman–Crippen MR) is 114 cm³/mol. The maximum absolute atomic E-state index is 13.0. The minimum Gasteiger partial charge on any atom is -0.488 e. The van der Waals surface area contributed by atoms with Gasteiger partial charge in [-0.25, -0.2) is 0 Å². The molecule has 6 heteroatoms. The number of carbonyl (C=O) groups is 1. The van der Waals surface area contributed by atoms with E-state index in [1.54, 1.807) is 11.3 Å². The highest BCUT2D eigenvalue weighted by Crippen LogP contribution is 2.30. The lowest BCUT2D eigenvalue weighted by molar-refractivity contribution is 0.0932. The number of thiophene rings is 1. The quantitative estimate of drug-likeness (QED) is 0.558. The Balaban J connectivity index is 1.78. The molecule has 0 fully saturated rings. The number of hydrogen-bond donors (Lipinski definition) is 1. The van der Waals surface area contributed by atoms with Crippen molar-refractivity contribution in [2.75, 3.05) is 20.6 Å². The number of carbonyl (C=O) groups excluding carboxylic acids is 1. The second-order valence-electron chi connectivity index (χ2n) is 7.23. The third-order valence-corrected chi connectivity index (χ3v) is 5.63. The van der Waals surface area contributed by atoms with E-state index in [1.807, 2.05) is 56.7 Å². The Morgan fingerprint density at radius 3 is 2.82 bits per heavy atom. The molecule has 1 amide bonds. The Labute approximate surface area is 170 Å². The van der Waals surface area contributed by atoms with E-state index in [9.17, 15) is 4.79 Å². The summed E-state index contributed by atoms with van der Waals surface area (Å²) in [5, 5.41) is 5.99. The molecule has 2 heterocycles. The summed E-state index contributed by atoms with van der Waals surface area (Å²) in [7, 11) is 4.08. The summed E-state index contributed by atoms with van der Waals surface area (Å²) in [5.74, 6) is 1.28. The summed E-state index contributed by atoms with van der Waals surface area (Å²) in [6.45, 7) is 5.38. The first-order chi connectivity index (χ1) is 13.5. The molecule has 1 aromatic carbocycles. The molecule has 0 saturated heterocycles. The molecule has 150 valence electrons. The van der Waals surface area contributed by atoms with E-state index in [1.165, 1.54) is 0 Å². The number of amides is 1. The zero-order valence-electron chi connectivity index (χ0n) is 17.0. The van der Waals surface area contributed by atoms with Gasteiger partial charge in [0.15, 0.2) is 0 Å². The number of benzene rings is 1. The van der Waals surface area contributed by atoms with Crippen molar-refractivity contribution in [3.05, 3.63) is 51.9 Å². The van der Waals surface area contributed by atoms with Crippen LogP contribution in [0.25, 0.3) is 11.0 Å². The maximum atomic E-state index is 13.0. The molecule has 0 saturated carbocycles. The van der Waals surface area contributed by atoms with Gasteiger partial charge in [0.25, 0.3) is 5.91 Å². The second kappa shape index (κ2) is 9.26. The second-order valence-corrected chi connectivity index (χ2v) is 8.26. The normalized spacial score (nSPS) is 12.5. The third kappa shape index (κ3) is 4.94. The molecule has 0 aliphatic rings. The fraction of sp³-hybridized carbons (Fsp3) is 0.409. The van der Waals surface area contributed by atoms with Gasteiger partial charge in [0.1, 0.15) is 23.7 Å². The molecular weight excluding hydrogens is 372 g/mol. The Hall–Kier alpha value is -2.31. The van der Waals surface area contributed by atoms with Gasteiger partial charge in [-0.05, 0) is 70.1 Å². The number of furan rings is 1. The summed E-state index contributed by atoms with van der Waals surface area (Å²) >= 11 is 1.66. The standard InChI is InChI=1S/C22H28N2O3S/c1-5-16(10-11-24(3)4)23-22(25)21-15(2)27-20-9-8-17(13-19(20)21)26-14-18-7-6-12-28-18/h6-9,12-13,16H,5,10-11,14H2,1-4H3,(H,23,25). The number of aryl methyl sites for hydroxylation is 1. The van der Waals surface area contributed by atoms with Gasteiger partial charge in [0.2, 0.25) is 0 Å². The van der Waals surface area contributed by atoms with Crippen LogP contribution in [0.3, 0.4) is 0 Å². The Morgan fingerprint density at radius 1 is 1.32 bits per heavy atom. The van der Waals surface area contributed by atoms with E-state index in [-0.39, 0.29) is 11.9 Å². The molecule has 0 aliphatic carbocycles. The van der Waals surface area contributed by atoms with Crippen LogP contribution in [-0.2, 0) is 6.61 Å². The summed E-state index contributed by atoms with van der Waals surface area (Å²) < 4.78 is 11.7. The number of nitrogens with one attached hydrogen (secondary N) is 1. The first-order valence-electron chi connectivity index (χ1n) is 9.61. The SMILES string of the molecule is CCC(CCN(C)C)NC(=O)c1c(C)oc2ccc(OCc3cccs3)cc12. The van der Waals surface area contributed by atoms with Gasteiger partial charge in [-0.15, -0.1) is 11.3 Å². The van der Waals surface area contributed by atoms with Crippen LogP contribution in [0, 0.1) is 6.92 Å². The van der Waals surface area contributed by atoms with Crippen LogP contribution in [0.2, 0.25) is 0 Å². The summed E-state index contributed by atoms with van der Waals surface area (Å²) in [4.78, 5) is 16.3. The lowest BCUT2D eigenvalue weighted by Gasteiger charge is -2.19. The maximum Gasteiger partial charge on any atom is 0.255 e. The predicted octanol–water partition coefficient (Wildman–Crippen LogP) is 4.84. The highest BCUT2D eigenvalue weighted by Gasteiger charge is 2.21. The van der Waals surface area contributed by atoms with Crippen molar-refractivity contribution in [3.8, 4) is 5.75 Å². The zero-order chi connectivity index (χ0) is 20.1. The summed E-state index contributed by atoms with van der Waals surface area (Å²) in [6.07, 6.45) is 1.81. The van der Waals surface area contributed by atoms with Gasteiger partial charge >= 0.3 is 0 Å². The molecule has 2 aromatic heterocycles. The van der Waals surface area contributed by atoms with Crippen LogP contribution < -0.4 is 10.1 Å². The molecule has 1 unspecified atom stereocenters. The molecule has 3 rings (SSSR count). The van der Waals surface area contributed by atoms with Crippen LogP contribution in [-0.4, -0.2) is 37.5 Å². The third-order valence-electron chi connectivity index (χ3n) is 4.78. The Morgan fingerprint density at radius 2 is 2.14 bits per heavy atom. The van der Waals surface area contributed by atoms with Crippen molar-refractivity contribution in [2.24, 2.45) is 0 Å². The largest absolute Gasteiger partial charge is 0.488 e. The summed E-state index contributed by atoms with van der Waals surface area (Å²) in [5.41, 5.74) is 1.30. The smallest absolute Gasteiger partial charge is 0.255 e. The van der Waals surface area contributed by atoms with Gasteiger partial charge in [0.05, 0.1) is 5.56 Å². The monoisotopic (exact) mass is 400 g/mol. The van der Waals surface area contributed by atoms with E-state index in [0.29, 0.717) is 23.5 Å². The van der Waals surface area contributed by atoms with Crippen molar-refractivity contribution in [2.45, 2.75) is 39.3 Å². The molecule has 0 bridgehead atoms. The van der Waals surface area contributed by atoms with Crippen LogP contribution in [0.5, 0.6) is 5.75 Å². The van der Waals surface area contributed by atoms with Crippen LogP contribution >= 0.6 is 11.3 Å². The van der Waals surface area contributed by atoms with Gasteiger partial charge in [0, 0.05) is 16.3 Å². The number of ether oxygens (including phenoxy) is 1. The number of nitrogens with zero attached hydrogens (tertiary/aromatic N) is 1. The molecule has 28 heavy (non-hydrogen) atoms. The van der Waals surface area contributed by atoms with E-state index < -0.39 is 0 Å². The lowest BCUT2D eigenvalue weighted by atomic mass is 10.1. The minimum atomic E-state index is -0.0859. The first-order valence-corrected chi connectivity index (χ1v) is 10.5. The van der Waals surface area contributed by atoms with Crippen LogP contribution in [0.15, 0.2) is 40.1 Å². The first kappa shape index (κ1) is 20.4. The fourth-order valence-corrected chi connectivity index (χ4v) is 3.79. The Bertz CT molecular complexity index is 915. The molecule has 0 spiro atoms. The molecule has 5 nitrogen and oxygen atoms in total. The molecule has 0 radical (unpaired) electrons. The molecule has 1 N–H and O–H groups in total. The van der Waals surface area contributed by atoms with Crippen molar-refractivity contribution in [3.63, 3.8) is 0 Å². The lowest BCUT2D eigenvalue weighted by Crippen LogP contribution is -2.36. The molecule has 3 aromatic rings. The number of hydrogen-bond acceptors (Lipinski definition) is 5. The van der Waals surface area contributed by atoms with Crippen LogP contribution in [0.1, 0.15) is 40.8 Å². The van der Waals surface area contributed by atoms with E-state index in [0.717, 1.165) is 35.4 Å². The highest BCUT2D eigenvalue weighted by atomic mass is 32.1. The van der Waals surface area contributed by atoms with Crippen LogP contribution in [0.4, 0.5) is 0 Å². The van der Waals surface area contributed by atoms with Gasteiger partial charge in [-0.1, -0.05) is 13.0 Å².